The molecule has 0 radical (unpaired) electrons. The van der Waals surface area contributed by atoms with Crippen molar-refractivity contribution in [2.45, 2.75) is 51.3 Å². The van der Waals surface area contributed by atoms with E-state index in [-0.39, 0.29) is 6.10 Å². The maximum absolute atomic E-state index is 6.09. The number of hydrogen-bond acceptors (Lipinski definition) is 3. The van der Waals surface area contributed by atoms with Gasteiger partial charge in [0.25, 0.3) is 0 Å². The Morgan fingerprint density at radius 2 is 2.20 bits per heavy atom. The number of ether oxygens (including phenoxy) is 1. The maximum atomic E-state index is 6.09. The number of rotatable bonds is 5. The largest absolute Gasteiger partial charge is 0.491 e. The zero-order chi connectivity index (χ0) is 14.1. The summed E-state index contributed by atoms with van der Waals surface area (Å²) in [6.45, 7) is 6.04. The Morgan fingerprint density at radius 1 is 1.35 bits per heavy atom. The van der Waals surface area contributed by atoms with Gasteiger partial charge in [-0.3, -0.25) is 4.90 Å². The van der Waals surface area contributed by atoms with Crippen LogP contribution in [0.15, 0.2) is 24.3 Å². The van der Waals surface area contributed by atoms with Gasteiger partial charge in [0.15, 0.2) is 0 Å². The highest BCUT2D eigenvalue weighted by molar-refractivity contribution is 5.31. The van der Waals surface area contributed by atoms with E-state index in [0.29, 0.717) is 12.6 Å². The van der Waals surface area contributed by atoms with Crippen molar-refractivity contribution in [3.05, 3.63) is 29.8 Å². The summed E-state index contributed by atoms with van der Waals surface area (Å²) in [6, 6.07) is 9.58. The third kappa shape index (κ3) is 2.70. The summed E-state index contributed by atoms with van der Waals surface area (Å²) in [6.07, 6.45) is 4.35. The Hall–Kier alpha value is -1.06. The Kier molecular flexibility index (Phi) is 3.99. The first-order chi connectivity index (χ1) is 9.67. The molecule has 1 aliphatic heterocycles. The van der Waals surface area contributed by atoms with Crippen molar-refractivity contribution >= 4 is 0 Å². The van der Waals surface area contributed by atoms with Gasteiger partial charge in [0.05, 0.1) is 6.10 Å². The van der Waals surface area contributed by atoms with Crippen LogP contribution < -0.4 is 10.5 Å². The molecule has 1 saturated carbocycles. The van der Waals surface area contributed by atoms with E-state index in [1.54, 1.807) is 0 Å². The van der Waals surface area contributed by atoms with Crippen molar-refractivity contribution in [1.29, 1.82) is 0 Å². The molecular formula is C17H26N2O. The van der Waals surface area contributed by atoms with Gasteiger partial charge in [-0.2, -0.15) is 0 Å². The van der Waals surface area contributed by atoms with Gasteiger partial charge in [-0.25, -0.2) is 0 Å². The van der Waals surface area contributed by atoms with E-state index in [1.807, 2.05) is 6.07 Å². The molecule has 0 amide bonds. The fourth-order valence-corrected chi connectivity index (χ4v) is 3.87. The summed E-state index contributed by atoms with van der Waals surface area (Å²) >= 11 is 0. The Morgan fingerprint density at radius 3 is 2.80 bits per heavy atom. The van der Waals surface area contributed by atoms with Crippen LogP contribution in [0.2, 0.25) is 0 Å². The second kappa shape index (κ2) is 5.74. The Balaban J connectivity index is 1.79. The van der Waals surface area contributed by atoms with Crippen molar-refractivity contribution in [3.63, 3.8) is 0 Å². The summed E-state index contributed by atoms with van der Waals surface area (Å²) in [5.41, 5.74) is 7.39. The third-order valence-corrected chi connectivity index (χ3v) is 4.69. The van der Waals surface area contributed by atoms with E-state index in [4.69, 9.17) is 10.5 Å². The minimum Gasteiger partial charge on any atom is -0.491 e. The van der Waals surface area contributed by atoms with E-state index >= 15 is 0 Å². The number of likely N-dealkylation sites (tertiary alicyclic amines) is 1. The number of benzene rings is 1. The molecule has 1 heterocycles. The summed E-state index contributed by atoms with van der Waals surface area (Å²) in [5.74, 6) is 1.87. The second-order valence-electron chi connectivity index (χ2n) is 6.52. The monoisotopic (exact) mass is 274 g/mol. The average Bonchev–Trinajstić information content (AvgIpc) is 3.02. The summed E-state index contributed by atoms with van der Waals surface area (Å²) in [5, 5.41) is 0. The zero-order valence-electron chi connectivity index (χ0n) is 12.6. The first kappa shape index (κ1) is 13.9. The Labute approximate surface area is 122 Å². The first-order valence-corrected chi connectivity index (χ1v) is 7.89. The Bertz CT molecular complexity index is 460. The molecule has 3 atom stereocenters. The lowest BCUT2D eigenvalue weighted by Gasteiger charge is -2.34. The van der Waals surface area contributed by atoms with Crippen LogP contribution in [0.25, 0.3) is 0 Å². The normalized spacial score (nSPS) is 27.2. The standard InChI is InChI=1S/C17H26N2O/c1-12(2)20-16-5-3-4-14(9-16)17(10-18)19-11-13-6-7-15(19)8-13/h3-5,9,12-13,15,17H,6-8,10-11,18H2,1-2H3. The van der Waals surface area contributed by atoms with Crippen LogP contribution in [0.5, 0.6) is 5.75 Å². The van der Waals surface area contributed by atoms with Crippen LogP contribution >= 0.6 is 0 Å². The van der Waals surface area contributed by atoms with Crippen LogP contribution in [0, 0.1) is 5.92 Å². The topological polar surface area (TPSA) is 38.5 Å². The van der Waals surface area contributed by atoms with Gasteiger partial charge in [0.2, 0.25) is 0 Å². The molecule has 110 valence electrons. The fraction of sp³-hybridized carbons (Fsp3) is 0.647. The summed E-state index contributed by atoms with van der Waals surface area (Å²) in [4.78, 5) is 2.63. The third-order valence-electron chi connectivity index (χ3n) is 4.69. The van der Waals surface area contributed by atoms with E-state index in [2.05, 4.69) is 36.9 Å². The lowest BCUT2D eigenvalue weighted by Crippen LogP contribution is -2.39. The molecule has 1 saturated heterocycles. The first-order valence-electron chi connectivity index (χ1n) is 7.89. The average molecular weight is 274 g/mol. The number of nitrogens with zero attached hydrogens (tertiary/aromatic N) is 1. The van der Waals surface area contributed by atoms with Crippen molar-refractivity contribution in [2.24, 2.45) is 11.7 Å². The van der Waals surface area contributed by atoms with Crippen molar-refractivity contribution in [1.82, 2.24) is 4.90 Å². The molecule has 0 spiro atoms. The van der Waals surface area contributed by atoms with Gasteiger partial charge >= 0.3 is 0 Å². The van der Waals surface area contributed by atoms with Crippen molar-refractivity contribution in [3.8, 4) is 5.75 Å². The van der Waals surface area contributed by atoms with Crippen LogP contribution in [-0.2, 0) is 0 Å². The van der Waals surface area contributed by atoms with E-state index < -0.39 is 0 Å². The molecule has 20 heavy (non-hydrogen) atoms. The van der Waals surface area contributed by atoms with Crippen LogP contribution in [0.1, 0.15) is 44.7 Å². The smallest absolute Gasteiger partial charge is 0.120 e. The van der Waals surface area contributed by atoms with Gasteiger partial charge in [0, 0.05) is 25.2 Å². The van der Waals surface area contributed by atoms with Crippen LogP contribution in [0.4, 0.5) is 0 Å². The minimum absolute atomic E-state index is 0.212. The number of nitrogens with two attached hydrogens (primary N) is 1. The van der Waals surface area contributed by atoms with Gasteiger partial charge < -0.3 is 10.5 Å². The zero-order valence-corrected chi connectivity index (χ0v) is 12.6. The predicted molar refractivity (Wildman–Crippen MR) is 81.8 cm³/mol. The van der Waals surface area contributed by atoms with Gasteiger partial charge in [-0.15, -0.1) is 0 Å². The molecule has 1 aromatic rings. The molecule has 3 heteroatoms. The summed E-state index contributed by atoms with van der Waals surface area (Å²) < 4.78 is 5.81. The van der Waals surface area contributed by atoms with E-state index in [1.165, 1.54) is 31.4 Å². The summed E-state index contributed by atoms with van der Waals surface area (Å²) in [7, 11) is 0. The van der Waals surface area contributed by atoms with Crippen LogP contribution in [0.3, 0.4) is 0 Å². The lowest BCUT2D eigenvalue weighted by atomic mass is 10.0. The molecule has 3 rings (SSSR count). The molecule has 2 aliphatic rings. The number of piperidine rings is 1. The number of fused-ring (bicyclic) bond motifs is 2. The quantitative estimate of drug-likeness (QED) is 0.897. The predicted octanol–water partition coefficient (Wildman–Crippen LogP) is 2.96. The lowest BCUT2D eigenvalue weighted by molar-refractivity contribution is 0.152. The molecule has 2 fully saturated rings. The highest BCUT2D eigenvalue weighted by Crippen LogP contribution is 2.42. The van der Waals surface area contributed by atoms with Crippen molar-refractivity contribution < 1.29 is 4.74 Å². The van der Waals surface area contributed by atoms with Crippen LogP contribution in [-0.4, -0.2) is 30.1 Å². The molecular weight excluding hydrogens is 248 g/mol. The fourth-order valence-electron chi connectivity index (χ4n) is 3.87. The number of hydrogen-bond donors (Lipinski definition) is 1. The van der Waals surface area contributed by atoms with Gasteiger partial charge in [0.1, 0.15) is 5.75 Å². The van der Waals surface area contributed by atoms with E-state index in [0.717, 1.165) is 17.7 Å². The minimum atomic E-state index is 0.212. The second-order valence-corrected chi connectivity index (χ2v) is 6.52. The molecule has 2 N–H and O–H groups in total. The maximum Gasteiger partial charge on any atom is 0.120 e. The van der Waals surface area contributed by atoms with Gasteiger partial charge in [-0.05, 0) is 56.7 Å². The van der Waals surface area contributed by atoms with Gasteiger partial charge in [-0.1, -0.05) is 12.1 Å². The SMILES string of the molecule is CC(C)Oc1cccc(C(CN)N2CC3CCC2C3)c1. The molecule has 1 aliphatic carbocycles. The highest BCUT2D eigenvalue weighted by atomic mass is 16.5. The van der Waals surface area contributed by atoms with Crippen molar-refractivity contribution in [2.75, 3.05) is 13.1 Å². The molecule has 3 unspecified atom stereocenters. The van der Waals surface area contributed by atoms with E-state index in [9.17, 15) is 0 Å². The molecule has 2 bridgehead atoms. The molecule has 3 nitrogen and oxygen atoms in total. The highest BCUT2D eigenvalue weighted by Gasteiger charge is 2.40. The molecule has 0 aromatic heterocycles. The molecule has 1 aromatic carbocycles.